The van der Waals surface area contributed by atoms with Crippen LogP contribution in [0.25, 0.3) is 0 Å². The number of rotatable bonds is 9. The predicted octanol–water partition coefficient (Wildman–Crippen LogP) is 7.83. The second kappa shape index (κ2) is 11.9. The minimum atomic E-state index is -3.89. The van der Waals surface area contributed by atoms with Crippen molar-refractivity contribution in [1.29, 1.82) is 0 Å². The molecule has 5 nitrogen and oxygen atoms in total. The maximum absolute atomic E-state index is 14.6. The van der Waals surface area contributed by atoms with Crippen LogP contribution in [-0.2, 0) is 13.6 Å². The molecule has 34 heavy (non-hydrogen) atoms. The Labute approximate surface area is 207 Å². The highest BCUT2D eigenvalue weighted by Crippen LogP contribution is 2.64. The summed E-state index contributed by atoms with van der Waals surface area (Å²) >= 11 is 0. The van der Waals surface area contributed by atoms with Gasteiger partial charge in [0, 0.05) is 0 Å². The molecule has 0 aromatic heterocycles. The summed E-state index contributed by atoms with van der Waals surface area (Å²) in [5, 5.41) is 11.5. The zero-order chi connectivity index (χ0) is 25.0. The summed E-state index contributed by atoms with van der Waals surface area (Å²) in [5.74, 6) is 1.83. The van der Waals surface area contributed by atoms with E-state index in [1.165, 1.54) is 0 Å². The lowest BCUT2D eigenvalue weighted by Gasteiger charge is -2.42. The van der Waals surface area contributed by atoms with Gasteiger partial charge in [-0.05, 0) is 78.9 Å². The van der Waals surface area contributed by atoms with E-state index < -0.39 is 13.4 Å². The fraction of sp³-hybridized carbons (Fsp3) is 0.786. The van der Waals surface area contributed by atoms with E-state index in [1.807, 2.05) is 0 Å². The van der Waals surface area contributed by atoms with E-state index in [1.54, 1.807) is 31.4 Å². The molecule has 1 N–H and O–H groups in total. The van der Waals surface area contributed by atoms with Gasteiger partial charge in [0.15, 0.2) is 5.85 Å². The van der Waals surface area contributed by atoms with Gasteiger partial charge >= 0.3 is 7.60 Å². The average Bonchev–Trinajstić information content (AvgIpc) is 2.78. The smallest absolute Gasteiger partial charge is 0.363 e. The summed E-state index contributed by atoms with van der Waals surface area (Å²) in [5.41, 5.74) is 0.541. The molecule has 7 atom stereocenters. The summed E-state index contributed by atoms with van der Waals surface area (Å²) in [7, 11) is -2.28. The molecule has 0 amide bonds. The van der Waals surface area contributed by atoms with Crippen molar-refractivity contribution >= 4 is 7.60 Å². The SMILES string of the molecule is COc1ccc([C@H](O)P(=O)(O[C@@H]2C[C@H](C)CC[C@@H]2C(C)C)O[C@@H]2C[C@H](C)CC[C@@H]2C(C)C)cc1. The molecule has 0 spiro atoms. The molecule has 0 unspecified atom stereocenters. The highest BCUT2D eigenvalue weighted by molar-refractivity contribution is 7.54. The third kappa shape index (κ3) is 6.66. The van der Waals surface area contributed by atoms with Crippen molar-refractivity contribution in [2.45, 2.75) is 98.1 Å². The number of hydrogen-bond acceptors (Lipinski definition) is 5. The molecular formula is C28H47O5P. The second-order valence-electron chi connectivity index (χ2n) is 11.6. The Hall–Kier alpha value is -0.870. The topological polar surface area (TPSA) is 65.0 Å². The number of aliphatic hydroxyl groups excluding tert-OH is 1. The molecule has 2 aliphatic rings. The molecule has 0 radical (unpaired) electrons. The molecule has 0 saturated heterocycles. The Bertz CT molecular complexity index is 770. The number of ether oxygens (including phenoxy) is 1. The van der Waals surface area contributed by atoms with Crippen LogP contribution in [0.1, 0.15) is 91.5 Å². The van der Waals surface area contributed by atoms with Gasteiger partial charge in [-0.3, -0.25) is 4.57 Å². The molecule has 194 valence electrons. The molecule has 0 heterocycles. The lowest BCUT2D eigenvalue weighted by molar-refractivity contribution is -0.0154. The number of aliphatic hydroxyl groups is 1. The molecule has 2 aliphatic carbocycles. The minimum absolute atomic E-state index is 0.180. The van der Waals surface area contributed by atoms with E-state index in [9.17, 15) is 9.67 Å². The van der Waals surface area contributed by atoms with Gasteiger partial charge in [-0.15, -0.1) is 0 Å². The molecule has 0 aliphatic heterocycles. The zero-order valence-electron chi connectivity index (χ0n) is 22.3. The number of methoxy groups -OCH3 is 1. The fourth-order valence-corrected chi connectivity index (χ4v) is 8.01. The lowest BCUT2D eigenvalue weighted by atomic mass is 9.75. The van der Waals surface area contributed by atoms with E-state index in [4.69, 9.17) is 13.8 Å². The van der Waals surface area contributed by atoms with Gasteiger partial charge in [0.05, 0.1) is 19.3 Å². The molecule has 1 aromatic carbocycles. The monoisotopic (exact) mass is 494 g/mol. The normalized spacial score (nSPS) is 31.6. The van der Waals surface area contributed by atoms with Crippen LogP contribution < -0.4 is 4.74 Å². The van der Waals surface area contributed by atoms with E-state index >= 15 is 0 Å². The summed E-state index contributed by atoms with van der Waals surface area (Å²) in [6.07, 6.45) is 5.76. The van der Waals surface area contributed by atoms with Crippen LogP contribution in [-0.4, -0.2) is 24.4 Å². The van der Waals surface area contributed by atoms with Gasteiger partial charge in [0.2, 0.25) is 0 Å². The number of hydrogen-bond donors (Lipinski definition) is 1. The van der Waals surface area contributed by atoms with Gasteiger partial charge < -0.3 is 18.9 Å². The molecule has 1 aromatic rings. The van der Waals surface area contributed by atoms with Gasteiger partial charge in [0.25, 0.3) is 0 Å². The first-order valence-corrected chi connectivity index (χ1v) is 14.9. The first kappa shape index (κ1) is 27.7. The first-order valence-electron chi connectivity index (χ1n) is 13.3. The largest absolute Gasteiger partial charge is 0.497 e. The van der Waals surface area contributed by atoms with Crippen LogP contribution in [0.15, 0.2) is 24.3 Å². The molecule has 6 heteroatoms. The van der Waals surface area contributed by atoms with Gasteiger partial charge in [-0.1, -0.05) is 66.5 Å². The zero-order valence-corrected chi connectivity index (χ0v) is 23.2. The summed E-state index contributed by atoms with van der Waals surface area (Å²) in [6.45, 7) is 13.3. The molecule has 2 saturated carbocycles. The van der Waals surface area contributed by atoms with Crippen LogP contribution in [0, 0.1) is 35.5 Å². The summed E-state index contributed by atoms with van der Waals surface area (Å²) in [6, 6.07) is 7.08. The second-order valence-corrected chi connectivity index (χ2v) is 13.6. The van der Waals surface area contributed by atoms with Gasteiger partial charge in [-0.2, -0.15) is 0 Å². The highest BCUT2D eigenvalue weighted by atomic mass is 31.2. The predicted molar refractivity (Wildman–Crippen MR) is 138 cm³/mol. The van der Waals surface area contributed by atoms with Crippen molar-refractivity contribution in [3.8, 4) is 5.75 Å². The average molecular weight is 495 g/mol. The van der Waals surface area contributed by atoms with Crippen LogP contribution in [0.2, 0.25) is 0 Å². The minimum Gasteiger partial charge on any atom is -0.497 e. The van der Waals surface area contributed by atoms with E-state index in [0.717, 1.165) is 38.5 Å². The molecule has 2 fully saturated rings. The third-order valence-corrected chi connectivity index (χ3v) is 10.2. The maximum Gasteiger partial charge on any atom is 0.363 e. The van der Waals surface area contributed by atoms with Crippen molar-refractivity contribution in [2.75, 3.05) is 7.11 Å². The lowest BCUT2D eigenvalue weighted by Crippen LogP contribution is -2.37. The molecule has 0 bridgehead atoms. The van der Waals surface area contributed by atoms with Crippen LogP contribution in [0.5, 0.6) is 5.75 Å². The first-order chi connectivity index (χ1) is 16.0. The van der Waals surface area contributed by atoms with Gasteiger partial charge in [-0.25, -0.2) is 0 Å². The Kier molecular flexibility index (Phi) is 9.71. The highest BCUT2D eigenvalue weighted by Gasteiger charge is 2.46. The Morgan fingerprint density at radius 3 is 1.65 bits per heavy atom. The van der Waals surface area contributed by atoms with Crippen LogP contribution in [0.4, 0.5) is 0 Å². The Morgan fingerprint density at radius 1 is 0.824 bits per heavy atom. The van der Waals surface area contributed by atoms with E-state index in [-0.39, 0.29) is 12.2 Å². The van der Waals surface area contributed by atoms with Crippen molar-refractivity contribution in [3.05, 3.63) is 29.8 Å². The Morgan fingerprint density at radius 2 is 1.26 bits per heavy atom. The molecule has 3 rings (SSSR count). The quantitative estimate of drug-likeness (QED) is 0.354. The van der Waals surface area contributed by atoms with Crippen LogP contribution >= 0.6 is 7.60 Å². The van der Waals surface area contributed by atoms with Crippen molar-refractivity contribution < 1.29 is 23.5 Å². The number of benzene rings is 1. The van der Waals surface area contributed by atoms with Crippen LogP contribution in [0.3, 0.4) is 0 Å². The van der Waals surface area contributed by atoms with E-state index in [2.05, 4.69) is 41.5 Å². The summed E-state index contributed by atoms with van der Waals surface area (Å²) in [4.78, 5) is 0. The standard InChI is InChI=1S/C28H47O5P/c1-18(2)24-14-8-20(5)16-26(24)32-34(30,28(29)22-10-12-23(31-7)13-11-22)33-27-17-21(6)9-15-25(27)19(3)4/h10-13,18-21,24-29H,8-9,14-17H2,1-7H3/t20-,21-,24-,25-,26-,27-,28-/m1/s1. The Balaban J connectivity index is 1.94. The van der Waals surface area contributed by atoms with Gasteiger partial charge in [0.1, 0.15) is 5.75 Å². The van der Waals surface area contributed by atoms with Crippen molar-refractivity contribution in [1.82, 2.24) is 0 Å². The van der Waals surface area contributed by atoms with Crippen molar-refractivity contribution in [2.24, 2.45) is 35.5 Å². The molecular weight excluding hydrogens is 447 g/mol. The fourth-order valence-electron chi connectivity index (χ4n) is 5.95. The summed E-state index contributed by atoms with van der Waals surface area (Å²) < 4.78 is 32.9. The van der Waals surface area contributed by atoms with E-state index in [0.29, 0.717) is 46.8 Å². The third-order valence-electron chi connectivity index (χ3n) is 8.20. The maximum atomic E-state index is 14.6. The van der Waals surface area contributed by atoms with Crippen molar-refractivity contribution in [3.63, 3.8) is 0 Å².